The van der Waals surface area contributed by atoms with E-state index in [0.717, 1.165) is 5.56 Å². The number of esters is 1. The Labute approximate surface area is 127 Å². The Hall–Kier alpha value is -3.15. The number of hydrogen-bond acceptors (Lipinski definition) is 5. The molecule has 0 spiro atoms. The first-order chi connectivity index (χ1) is 10.7. The van der Waals surface area contributed by atoms with Crippen LogP contribution in [-0.2, 0) is 11.3 Å². The molecule has 0 radical (unpaired) electrons. The summed E-state index contributed by atoms with van der Waals surface area (Å²) in [5.41, 5.74) is 7.00. The predicted molar refractivity (Wildman–Crippen MR) is 81.3 cm³/mol. The van der Waals surface area contributed by atoms with Crippen molar-refractivity contribution in [2.75, 3.05) is 5.73 Å². The third kappa shape index (κ3) is 2.95. The SMILES string of the molecule is Nc1nc(-n2cccn2)ccc1C(=O)OCc1ccccc1. The second kappa shape index (κ2) is 6.09. The van der Waals surface area contributed by atoms with E-state index in [1.54, 1.807) is 35.3 Å². The second-order valence-electron chi connectivity index (χ2n) is 4.61. The number of carbonyl (C=O) groups is 1. The summed E-state index contributed by atoms with van der Waals surface area (Å²) < 4.78 is 6.81. The molecule has 6 nitrogen and oxygen atoms in total. The topological polar surface area (TPSA) is 83.0 Å². The monoisotopic (exact) mass is 294 g/mol. The van der Waals surface area contributed by atoms with E-state index in [1.807, 2.05) is 30.3 Å². The number of ether oxygens (including phenoxy) is 1. The maximum Gasteiger partial charge on any atom is 0.342 e. The van der Waals surface area contributed by atoms with Gasteiger partial charge in [0.25, 0.3) is 0 Å². The zero-order valence-corrected chi connectivity index (χ0v) is 11.7. The Bertz CT molecular complexity index is 770. The van der Waals surface area contributed by atoms with Gasteiger partial charge in [-0.3, -0.25) is 0 Å². The third-order valence-corrected chi connectivity index (χ3v) is 3.08. The normalized spacial score (nSPS) is 10.4. The summed E-state index contributed by atoms with van der Waals surface area (Å²) in [4.78, 5) is 16.2. The Morgan fingerprint density at radius 3 is 2.64 bits per heavy atom. The molecule has 2 heterocycles. The van der Waals surface area contributed by atoms with Crippen molar-refractivity contribution in [3.05, 3.63) is 72.1 Å². The van der Waals surface area contributed by atoms with Crippen LogP contribution in [0.3, 0.4) is 0 Å². The van der Waals surface area contributed by atoms with E-state index < -0.39 is 5.97 Å². The molecule has 0 bridgehead atoms. The molecule has 0 aliphatic rings. The highest BCUT2D eigenvalue weighted by Crippen LogP contribution is 2.14. The molecule has 0 aliphatic heterocycles. The highest BCUT2D eigenvalue weighted by Gasteiger charge is 2.13. The Morgan fingerprint density at radius 2 is 1.95 bits per heavy atom. The summed E-state index contributed by atoms with van der Waals surface area (Å²) in [6.45, 7) is 0.194. The van der Waals surface area contributed by atoms with Crippen LogP contribution < -0.4 is 5.73 Å². The minimum Gasteiger partial charge on any atom is -0.457 e. The average molecular weight is 294 g/mol. The fourth-order valence-corrected chi connectivity index (χ4v) is 1.97. The van der Waals surface area contributed by atoms with Gasteiger partial charge in [-0.15, -0.1) is 0 Å². The van der Waals surface area contributed by atoms with Gasteiger partial charge in [-0.1, -0.05) is 30.3 Å². The van der Waals surface area contributed by atoms with Crippen molar-refractivity contribution < 1.29 is 9.53 Å². The molecule has 3 aromatic rings. The minimum absolute atomic E-state index is 0.117. The van der Waals surface area contributed by atoms with Crippen LogP contribution in [-0.4, -0.2) is 20.7 Å². The highest BCUT2D eigenvalue weighted by molar-refractivity contribution is 5.94. The Balaban J connectivity index is 1.73. The van der Waals surface area contributed by atoms with E-state index in [1.165, 1.54) is 0 Å². The quantitative estimate of drug-likeness (QED) is 0.746. The molecule has 1 aromatic carbocycles. The molecule has 110 valence electrons. The second-order valence-corrected chi connectivity index (χ2v) is 4.61. The van der Waals surface area contributed by atoms with Crippen molar-refractivity contribution in [1.29, 1.82) is 0 Å². The van der Waals surface area contributed by atoms with E-state index in [9.17, 15) is 4.79 Å². The summed E-state index contributed by atoms with van der Waals surface area (Å²) >= 11 is 0. The van der Waals surface area contributed by atoms with Gasteiger partial charge < -0.3 is 10.5 Å². The largest absolute Gasteiger partial charge is 0.457 e. The van der Waals surface area contributed by atoms with E-state index in [4.69, 9.17) is 10.5 Å². The number of hydrogen-bond donors (Lipinski definition) is 1. The summed E-state index contributed by atoms with van der Waals surface area (Å²) in [7, 11) is 0. The zero-order chi connectivity index (χ0) is 15.4. The van der Waals surface area contributed by atoms with Crippen LogP contribution in [0.5, 0.6) is 0 Å². The smallest absolute Gasteiger partial charge is 0.342 e. The molecule has 0 unspecified atom stereocenters. The molecular formula is C16H14N4O2. The number of anilines is 1. The maximum absolute atomic E-state index is 12.1. The lowest BCUT2D eigenvalue weighted by Crippen LogP contribution is -2.11. The highest BCUT2D eigenvalue weighted by atomic mass is 16.5. The van der Waals surface area contributed by atoms with Crippen molar-refractivity contribution >= 4 is 11.8 Å². The van der Waals surface area contributed by atoms with Crippen LogP contribution in [0, 0.1) is 0 Å². The van der Waals surface area contributed by atoms with Crippen LogP contribution in [0.1, 0.15) is 15.9 Å². The number of aromatic nitrogens is 3. The molecular weight excluding hydrogens is 280 g/mol. The number of carbonyl (C=O) groups excluding carboxylic acids is 1. The van der Waals surface area contributed by atoms with Gasteiger partial charge in [0.15, 0.2) is 5.82 Å². The van der Waals surface area contributed by atoms with Crippen molar-refractivity contribution in [3.63, 3.8) is 0 Å². The van der Waals surface area contributed by atoms with Crippen LogP contribution in [0.25, 0.3) is 5.82 Å². The van der Waals surface area contributed by atoms with Gasteiger partial charge in [0.05, 0.1) is 0 Å². The van der Waals surface area contributed by atoms with Gasteiger partial charge in [0.2, 0.25) is 0 Å². The lowest BCUT2D eigenvalue weighted by molar-refractivity contribution is 0.0473. The van der Waals surface area contributed by atoms with E-state index in [0.29, 0.717) is 5.82 Å². The zero-order valence-electron chi connectivity index (χ0n) is 11.7. The number of nitrogen functional groups attached to an aromatic ring is 1. The van der Waals surface area contributed by atoms with Gasteiger partial charge in [0.1, 0.15) is 18.0 Å². The van der Waals surface area contributed by atoms with Crippen molar-refractivity contribution in [2.45, 2.75) is 6.61 Å². The lowest BCUT2D eigenvalue weighted by atomic mass is 10.2. The standard InChI is InChI=1S/C16H14N4O2/c17-15-13(7-8-14(19-15)20-10-4-9-18-20)16(21)22-11-12-5-2-1-3-6-12/h1-10H,11H2,(H2,17,19). The van der Waals surface area contributed by atoms with Gasteiger partial charge in [-0.2, -0.15) is 5.10 Å². The number of pyridine rings is 1. The molecule has 22 heavy (non-hydrogen) atoms. The average Bonchev–Trinajstić information content (AvgIpc) is 3.08. The Morgan fingerprint density at radius 1 is 1.14 bits per heavy atom. The number of benzene rings is 1. The summed E-state index contributed by atoms with van der Waals surface area (Å²) in [5, 5.41) is 4.06. The molecule has 0 saturated carbocycles. The van der Waals surface area contributed by atoms with Crippen LogP contribution in [0.15, 0.2) is 60.9 Å². The van der Waals surface area contributed by atoms with Gasteiger partial charge >= 0.3 is 5.97 Å². The fourth-order valence-electron chi connectivity index (χ4n) is 1.97. The molecule has 0 atom stereocenters. The van der Waals surface area contributed by atoms with E-state index >= 15 is 0 Å². The first-order valence-corrected chi connectivity index (χ1v) is 6.71. The molecule has 2 N–H and O–H groups in total. The first-order valence-electron chi connectivity index (χ1n) is 6.71. The Kier molecular flexibility index (Phi) is 3.82. The molecule has 0 amide bonds. The van der Waals surface area contributed by atoms with Gasteiger partial charge in [0, 0.05) is 12.4 Å². The van der Waals surface area contributed by atoms with Crippen LogP contribution in [0.4, 0.5) is 5.82 Å². The molecule has 0 aliphatic carbocycles. The molecule has 3 rings (SSSR count). The first kappa shape index (κ1) is 13.8. The van der Waals surface area contributed by atoms with Crippen LogP contribution >= 0.6 is 0 Å². The number of nitrogens with zero attached hydrogens (tertiary/aromatic N) is 3. The predicted octanol–water partition coefficient (Wildman–Crippen LogP) is 2.21. The summed E-state index contributed by atoms with van der Waals surface area (Å²) in [5.74, 6) is 0.161. The summed E-state index contributed by atoms with van der Waals surface area (Å²) in [6, 6.07) is 14.5. The maximum atomic E-state index is 12.1. The third-order valence-electron chi connectivity index (χ3n) is 3.08. The number of rotatable bonds is 4. The number of nitrogens with two attached hydrogens (primary N) is 1. The van der Waals surface area contributed by atoms with Gasteiger partial charge in [-0.25, -0.2) is 14.5 Å². The summed E-state index contributed by atoms with van der Waals surface area (Å²) in [6.07, 6.45) is 3.38. The minimum atomic E-state index is -0.499. The molecule has 0 saturated heterocycles. The van der Waals surface area contributed by atoms with E-state index in [-0.39, 0.29) is 18.0 Å². The molecule has 2 aromatic heterocycles. The van der Waals surface area contributed by atoms with Gasteiger partial charge in [-0.05, 0) is 23.8 Å². The van der Waals surface area contributed by atoms with Crippen LogP contribution in [0.2, 0.25) is 0 Å². The fraction of sp³-hybridized carbons (Fsp3) is 0.0625. The van der Waals surface area contributed by atoms with Crippen molar-refractivity contribution in [1.82, 2.24) is 14.8 Å². The van der Waals surface area contributed by atoms with Crippen molar-refractivity contribution in [3.8, 4) is 5.82 Å². The molecule has 6 heteroatoms. The van der Waals surface area contributed by atoms with E-state index in [2.05, 4.69) is 10.1 Å². The lowest BCUT2D eigenvalue weighted by Gasteiger charge is -2.08. The van der Waals surface area contributed by atoms with Crippen molar-refractivity contribution in [2.24, 2.45) is 0 Å². The molecule has 0 fully saturated rings.